The summed E-state index contributed by atoms with van der Waals surface area (Å²) in [4.78, 5) is 28.4. The van der Waals surface area contributed by atoms with Crippen molar-refractivity contribution in [2.75, 3.05) is 5.32 Å². The molecule has 3 atom stereocenters. The van der Waals surface area contributed by atoms with E-state index in [-0.39, 0.29) is 16.7 Å². The summed E-state index contributed by atoms with van der Waals surface area (Å²) < 4.78 is 15.8. The molecule has 0 bridgehead atoms. The highest BCUT2D eigenvalue weighted by Crippen LogP contribution is 2.63. The zero-order chi connectivity index (χ0) is 25.9. The fraction of sp³-hybridized carbons (Fsp3) is 0.533. The van der Waals surface area contributed by atoms with Gasteiger partial charge in [-0.05, 0) is 66.8 Å². The lowest BCUT2D eigenvalue weighted by Gasteiger charge is -2.42. The monoisotopic (exact) mass is 542 g/mol. The van der Waals surface area contributed by atoms with E-state index in [1.165, 1.54) is 6.07 Å². The molecule has 4 nitrogen and oxygen atoms in total. The van der Waals surface area contributed by atoms with Gasteiger partial charge in [-0.2, -0.15) is 0 Å². The van der Waals surface area contributed by atoms with E-state index in [1.807, 2.05) is 6.07 Å². The summed E-state index contributed by atoms with van der Waals surface area (Å²) in [5, 5.41) is 7.32. The van der Waals surface area contributed by atoms with E-state index in [4.69, 9.17) is 23.2 Å². The molecule has 2 aromatic rings. The van der Waals surface area contributed by atoms with Crippen molar-refractivity contribution in [3.05, 3.63) is 63.4 Å². The number of Topliss-reactive ketones (excluding diaryl/α,β-unsaturated/α-hetero) is 1. The molecule has 0 aromatic heterocycles. The molecule has 2 N–H and O–H groups in total. The van der Waals surface area contributed by atoms with Crippen LogP contribution in [-0.2, 0) is 15.0 Å². The molecule has 6 rings (SSSR count). The lowest BCUT2D eigenvalue weighted by atomic mass is 9.58. The quantitative estimate of drug-likeness (QED) is 0.430. The Hall–Kier alpha value is -1.95. The van der Waals surface area contributed by atoms with Crippen molar-refractivity contribution in [3.8, 4) is 0 Å². The number of benzene rings is 2. The first-order chi connectivity index (χ1) is 17.8. The largest absolute Gasteiger partial charge is 0.325 e. The zero-order valence-electron chi connectivity index (χ0n) is 21.1. The molecule has 37 heavy (non-hydrogen) atoms. The molecule has 2 heterocycles. The summed E-state index contributed by atoms with van der Waals surface area (Å²) in [6.45, 7) is 2.27. The smallest absolute Gasteiger partial charge is 0.237 e. The standard InChI is InChI=1S/C30H33Cl2FN2O2/c1-17-7-9-18(10-8-17)15-24(36)27-25(20-5-4-6-22(32)26(20)33)30(29(35-27)13-2-3-14-29)21-12-11-19(31)16-23(21)34-28(30)37/h4-6,11-12,16-18,25,27,35H,2-3,7-10,13-15H2,1H3,(H,34,37). The highest BCUT2D eigenvalue weighted by Gasteiger charge is 2.72. The summed E-state index contributed by atoms with van der Waals surface area (Å²) in [5.74, 6) is -0.367. The Kier molecular flexibility index (Phi) is 6.41. The molecule has 2 saturated carbocycles. The van der Waals surface area contributed by atoms with Crippen molar-refractivity contribution >= 4 is 40.6 Å². The lowest BCUT2D eigenvalue weighted by Crippen LogP contribution is -2.57. The average Bonchev–Trinajstić information content (AvgIpc) is 3.54. The maximum Gasteiger partial charge on any atom is 0.237 e. The predicted molar refractivity (Wildman–Crippen MR) is 145 cm³/mol. The molecule has 2 aliphatic carbocycles. The molecule has 0 radical (unpaired) electrons. The summed E-state index contributed by atoms with van der Waals surface area (Å²) >= 11 is 12.6. The van der Waals surface area contributed by atoms with Gasteiger partial charge in [0.05, 0.1) is 11.1 Å². The van der Waals surface area contributed by atoms with Crippen molar-refractivity contribution in [1.82, 2.24) is 5.32 Å². The van der Waals surface area contributed by atoms with Gasteiger partial charge >= 0.3 is 0 Å². The van der Waals surface area contributed by atoms with Crippen LogP contribution < -0.4 is 10.6 Å². The first-order valence-electron chi connectivity index (χ1n) is 13.6. The molecule has 2 aromatic carbocycles. The second-order valence-electron chi connectivity index (χ2n) is 11.8. The third-order valence-corrected chi connectivity index (χ3v) is 10.3. The second-order valence-corrected chi connectivity index (χ2v) is 12.6. The van der Waals surface area contributed by atoms with Gasteiger partial charge in [0.2, 0.25) is 5.91 Å². The summed E-state index contributed by atoms with van der Waals surface area (Å²) in [5.41, 5.74) is -0.0277. The normalized spacial score (nSPS) is 32.2. The second kappa shape index (κ2) is 9.36. The van der Waals surface area contributed by atoms with Gasteiger partial charge in [0.1, 0.15) is 11.2 Å². The Balaban J connectivity index is 1.52. The van der Waals surface area contributed by atoms with Crippen molar-refractivity contribution < 1.29 is 14.0 Å². The first kappa shape index (κ1) is 25.3. The predicted octanol–water partition coefficient (Wildman–Crippen LogP) is 7.18. The maximum atomic E-state index is 15.8. The minimum absolute atomic E-state index is 0.00206. The molecule has 3 fully saturated rings. The van der Waals surface area contributed by atoms with Crippen LogP contribution in [0.2, 0.25) is 10.0 Å². The Morgan fingerprint density at radius 1 is 1.08 bits per heavy atom. The van der Waals surface area contributed by atoms with Crippen molar-refractivity contribution in [1.29, 1.82) is 0 Å². The molecule has 1 amide bonds. The van der Waals surface area contributed by atoms with Crippen LogP contribution in [-0.4, -0.2) is 23.3 Å². The van der Waals surface area contributed by atoms with Gasteiger partial charge in [0.15, 0.2) is 5.78 Å². The Morgan fingerprint density at radius 2 is 1.81 bits per heavy atom. The van der Waals surface area contributed by atoms with E-state index < -0.39 is 28.7 Å². The number of anilines is 1. The Bertz CT molecular complexity index is 1250. The highest BCUT2D eigenvalue weighted by molar-refractivity contribution is 6.31. The zero-order valence-corrected chi connectivity index (χ0v) is 22.6. The molecule has 1 saturated heterocycles. The van der Waals surface area contributed by atoms with E-state index in [9.17, 15) is 9.59 Å². The summed E-state index contributed by atoms with van der Waals surface area (Å²) in [6, 6.07) is 9.69. The molecule has 3 unspecified atom stereocenters. The number of ketones is 1. The van der Waals surface area contributed by atoms with Gasteiger partial charge in [0.25, 0.3) is 0 Å². The SMILES string of the molecule is CC1CCC(CC(=O)C2NC3(CCCC3)C3(C(=O)Nc4cc(Cl)ccc43)C2c2cccc(Cl)c2F)CC1. The Morgan fingerprint density at radius 3 is 2.54 bits per heavy atom. The summed E-state index contributed by atoms with van der Waals surface area (Å²) in [7, 11) is 0. The van der Waals surface area contributed by atoms with Crippen molar-refractivity contribution in [2.24, 2.45) is 11.8 Å². The third-order valence-electron chi connectivity index (χ3n) is 9.75. The van der Waals surface area contributed by atoms with E-state index in [2.05, 4.69) is 17.6 Å². The van der Waals surface area contributed by atoms with E-state index in [1.54, 1.807) is 24.3 Å². The molecule has 7 heteroatoms. The number of hydrogen-bond donors (Lipinski definition) is 2. The highest BCUT2D eigenvalue weighted by atomic mass is 35.5. The van der Waals surface area contributed by atoms with Gasteiger partial charge in [0, 0.05) is 28.6 Å². The third kappa shape index (κ3) is 3.79. The van der Waals surface area contributed by atoms with Crippen LogP contribution in [0.4, 0.5) is 10.1 Å². The lowest BCUT2D eigenvalue weighted by molar-refractivity contribution is -0.123. The van der Waals surface area contributed by atoms with Gasteiger partial charge in [-0.25, -0.2) is 4.39 Å². The maximum absolute atomic E-state index is 15.8. The van der Waals surface area contributed by atoms with Crippen LogP contribution >= 0.6 is 23.2 Å². The van der Waals surface area contributed by atoms with Crippen LogP contribution in [0.3, 0.4) is 0 Å². The summed E-state index contributed by atoms with van der Waals surface area (Å²) in [6.07, 6.45) is 8.15. The van der Waals surface area contributed by atoms with Crippen LogP contribution in [0.1, 0.15) is 81.8 Å². The number of hydrogen-bond acceptors (Lipinski definition) is 3. The van der Waals surface area contributed by atoms with E-state index in [0.29, 0.717) is 34.5 Å². The minimum atomic E-state index is -1.14. The molecule has 2 spiro atoms. The molecule has 4 aliphatic rings. The number of rotatable bonds is 4. The number of fused-ring (bicyclic) bond motifs is 3. The van der Waals surface area contributed by atoms with Crippen LogP contribution in [0.15, 0.2) is 36.4 Å². The first-order valence-corrected chi connectivity index (χ1v) is 14.4. The molecular weight excluding hydrogens is 510 g/mol. The fourth-order valence-corrected chi connectivity index (χ4v) is 8.39. The number of carbonyl (C=O) groups is 2. The molecular formula is C30H33Cl2FN2O2. The van der Waals surface area contributed by atoms with Gasteiger partial charge in [-0.1, -0.05) is 74.0 Å². The average molecular weight is 544 g/mol. The van der Waals surface area contributed by atoms with Crippen molar-refractivity contribution in [3.63, 3.8) is 0 Å². The van der Waals surface area contributed by atoms with E-state index in [0.717, 1.165) is 56.9 Å². The van der Waals surface area contributed by atoms with Crippen LogP contribution in [0.5, 0.6) is 0 Å². The number of carbonyl (C=O) groups excluding carboxylic acids is 2. The molecule has 196 valence electrons. The van der Waals surface area contributed by atoms with Gasteiger partial charge in [-0.15, -0.1) is 0 Å². The fourth-order valence-electron chi connectivity index (χ4n) is 8.04. The van der Waals surface area contributed by atoms with Crippen LogP contribution in [0, 0.1) is 17.7 Å². The van der Waals surface area contributed by atoms with E-state index >= 15 is 4.39 Å². The van der Waals surface area contributed by atoms with Gasteiger partial charge in [-0.3, -0.25) is 14.9 Å². The Labute approximate surface area is 227 Å². The molecule has 2 aliphatic heterocycles. The van der Waals surface area contributed by atoms with Gasteiger partial charge < -0.3 is 5.32 Å². The van der Waals surface area contributed by atoms with Crippen LogP contribution in [0.25, 0.3) is 0 Å². The number of halogens is 3. The minimum Gasteiger partial charge on any atom is -0.325 e. The number of amides is 1. The topological polar surface area (TPSA) is 58.2 Å². The van der Waals surface area contributed by atoms with Crippen molar-refractivity contribution in [2.45, 2.75) is 87.6 Å². The number of nitrogens with one attached hydrogen (secondary N) is 2.